The molecule has 2 aromatic rings. The zero-order valence-electron chi connectivity index (χ0n) is 16.5. The lowest BCUT2D eigenvalue weighted by Crippen LogP contribution is -2.47. The van der Waals surface area contributed by atoms with E-state index < -0.39 is 0 Å². The molecule has 0 spiro atoms. The average Bonchev–Trinajstić information content (AvgIpc) is 3.17. The van der Waals surface area contributed by atoms with Gasteiger partial charge in [0.2, 0.25) is 0 Å². The van der Waals surface area contributed by atoms with Gasteiger partial charge in [-0.05, 0) is 49.3 Å². The Morgan fingerprint density at radius 3 is 2.57 bits per heavy atom. The molecular formula is C23H30N2O3. The standard InChI is InChI=1S/C23H30N2O3/c26-15-20-7-6-19(28-20)14-24-11-16-10-18(13-24)22-9-8-21(23(27)25(22)12-16)17-4-2-1-3-5-17/h6-9,16-18,26H,1-5,10-15H2. The van der Waals surface area contributed by atoms with Crippen molar-refractivity contribution in [3.63, 3.8) is 0 Å². The number of aromatic nitrogens is 1. The molecule has 1 N–H and O–H groups in total. The highest BCUT2D eigenvalue weighted by atomic mass is 16.4. The van der Waals surface area contributed by atoms with E-state index in [4.69, 9.17) is 4.42 Å². The minimum Gasteiger partial charge on any atom is -0.462 e. The molecule has 2 atom stereocenters. The summed E-state index contributed by atoms with van der Waals surface area (Å²) in [4.78, 5) is 15.7. The number of hydrogen-bond acceptors (Lipinski definition) is 4. The second-order valence-corrected chi connectivity index (χ2v) is 8.98. The lowest BCUT2D eigenvalue weighted by molar-refractivity contribution is 0.106. The molecule has 3 aliphatic rings. The summed E-state index contributed by atoms with van der Waals surface area (Å²) in [6.45, 7) is 3.54. The van der Waals surface area contributed by atoms with Gasteiger partial charge in [-0.15, -0.1) is 0 Å². The van der Waals surface area contributed by atoms with Crippen molar-refractivity contribution in [2.45, 2.75) is 70.1 Å². The van der Waals surface area contributed by atoms with Crippen molar-refractivity contribution < 1.29 is 9.52 Å². The van der Waals surface area contributed by atoms with Crippen LogP contribution in [0.3, 0.4) is 0 Å². The predicted molar refractivity (Wildman–Crippen MR) is 107 cm³/mol. The van der Waals surface area contributed by atoms with E-state index in [9.17, 15) is 9.90 Å². The fourth-order valence-corrected chi connectivity index (χ4v) is 5.73. The Hall–Kier alpha value is -1.85. The summed E-state index contributed by atoms with van der Waals surface area (Å²) < 4.78 is 7.79. The average molecular weight is 383 g/mol. The Bertz CT molecular complexity index is 893. The van der Waals surface area contributed by atoms with Crippen LogP contribution < -0.4 is 5.56 Å². The summed E-state index contributed by atoms with van der Waals surface area (Å²) in [6, 6.07) is 8.20. The first-order chi connectivity index (χ1) is 13.7. The lowest BCUT2D eigenvalue weighted by atomic mass is 9.81. The van der Waals surface area contributed by atoms with E-state index in [1.807, 2.05) is 12.1 Å². The van der Waals surface area contributed by atoms with Gasteiger partial charge in [-0.1, -0.05) is 25.3 Å². The van der Waals surface area contributed by atoms with Crippen molar-refractivity contribution >= 4 is 0 Å². The molecule has 1 aliphatic carbocycles. The minimum absolute atomic E-state index is 0.0507. The number of hydrogen-bond donors (Lipinski definition) is 1. The van der Waals surface area contributed by atoms with Crippen molar-refractivity contribution in [3.8, 4) is 0 Å². The summed E-state index contributed by atoms with van der Waals surface area (Å²) in [5, 5.41) is 9.20. The number of rotatable bonds is 4. The first-order valence-electron chi connectivity index (χ1n) is 10.9. The molecule has 28 heavy (non-hydrogen) atoms. The first-order valence-corrected chi connectivity index (χ1v) is 10.9. The van der Waals surface area contributed by atoms with Crippen molar-refractivity contribution in [2.24, 2.45) is 5.92 Å². The van der Waals surface area contributed by atoms with Crippen molar-refractivity contribution in [2.75, 3.05) is 13.1 Å². The number of aliphatic hydroxyl groups excluding tert-OH is 1. The van der Waals surface area contributed by atoms with Crippen LogP contribution in [-0.4, -0.2) is 27.7 Å². The van der Waals surface area contributed by atoms with E-state index in [1.165, 1.54) is 44.2 Å². The van der Waals surface area contributed by atoms with E-state index in [-0.39, 0.29) is 12.2 Å². The predicted octanol–water partition coefficient (Wildman–Crippen LogP) is 3.60. The molecule has 2 unspecified atom stereocenters. The van der Waals surface area contributed by atoms with Crippen molar-refractivity contribution in [3.05, 3.63) is 57.4 Å². The second kappa shape index (κ2) is 7.53. The molecule has 5 nitrogen and oxygen atoms in total. The van der Waals surface area contributed by atoms with Gasteiger partial charge in [0.05, 0.1) is 6.54 Å². The van der Waals surface area contributed by atoms with Gasteiger partial charge in [0, 0.05) is 36.8 Å². The lowest BCUT2D eigenvalue weighted by Gasteiger charge is -2.43. The molecule has 150 valence electrons. The Kier molecular flexibility index (Phi) is 4.89. The van der Waals surface area contributed by atoms with E-state index in [0.717, 1.165) is 37.5 Å². The topological polar surface area (TPSA) is 58.6 Å². The van der Waals surface area contributed by atoms with Crippen LogP contribution in [0, 0.1) is 5.92 Å². The fraction of sp³-hybridized carbons (Fsp3) is 0.609. The normalized spacial score (nSPS) is 25.6. The van der Waals surface area contributed by atoms with Gasteiger partial charge in [0.15, 0.2) is 0 Å². The molecule has 2 aromatic heterocycles. The molecule has 1 saturated heterocycles. The van der Waals surface area contributed by atoms with Crippen LogP contribution in [0.4, 0.5) is 0 Å². The highest BCUT2D eigenvalue weighted by Gasteiger charge is 2.35. The Morgan fingerprint density at radius 2 is 1.79 bits per heavy atom. The van der Waals surface area contributed by atoms with Crippen molar-refractivity contribution in [1.29, 1.82) is 0 Å². The molecular weight excluding hydrogens is 352 g/mol. The molecule has 0 amide bonds. The minimum atomic E-state index is -0.0507. The third-order valence-corrected chi connectivity index (χ3v) is 7.01. The number of pyridine rings is 1. The molecule has 5 heteroatoms. The Morgan fingerprint density at radius 1 is 0.964 bits per heavy atom. The molecule has 2 bridgehead atoms. The molecule has 0 aromatic carbocycles. The van der Waals surface area contributed by atoms with Gasteiger partial charge in [0.25, 0.3) is 5.56 Å². The first kappa shape index (κ1) is 18.2. The van der Waals surface area contributed by atoms with Crippen molar-refractivity contribution in [1.82, 2.24) is 9.47 Å². The zero-order valence-corrected chi connectivity index (χ0v) is 16.5. The maximum Gasteiger partial charge on any atom is 0.254 e. The van der Waals surface area contributed by atoms with Gasteiger partial charge in [-0.2, -0.15) is 0 Å². The number of fused-ring (bicyclic) bond motifs is 4. The van der Waals surface area contributed by atoms with Gasteiger partial charge >= 0.3 is 0 Å². The van der Waals surface area contributed by atoms with Crippen LogP contribution >= 0.6 is 0 Å². The second-order valence-electron chi connectivity index (χ2n) is 8.98. The molecule has 0 radical (unpaired) electrons. The van der Waals surface area contributed by atoms with Gasteiger partial charge in [-0.25, -0.2) is 0 Å². The monoisotopic (exact) mass is 382 g/mol. The quantitative estimate of drug-likeness (QED) is 0.878. The number of piperidine rings is 1. The van der Waals surface area contributed by atoms with Crippen LogP contribution in [0.2, 0.25) is 0 Å². The van der Waals surface area contributed by atoms with Crippen LogP contribution in [-0.2, 0) is 19.7 Å². The third-order valence-electron chi connectivity index (χ3n) is 7.01. The highest BCUT2D eigenvalue weighted by Crippen LogP contribution is 2.37. The van der Waals surface area contributed by atoms with E-state index in [1.54, 1.807) is 0 Å². The van der Waals surface area contributed by atoms with Crippen LogP contribution in [0.1, 0.15) is 73.1 Å². The maximum atomic E-state index is 13.3. The van der Waals surface area contributed by atoms with Gasteiger partial charge < -0.3 is 14.1 Å². The Labute approximate surface area is 166 Å². The fourth-order valence-electron chi connectivity index (χ4n) is 5.73. The zero-order chi connectivity index (χ0) is 19.1. The largest absolute Gasteiger partial charge is 0.462 e. The summed E-state index contributed by atoms with van der Waals surface area (Å²) in [7, 11) is 0. The summed E-state index contributed by atoms with van der Waals surface area (Å²) in [6.07, 6.45) is 7.37. The number of likely N-dealkylation sites (tertiary alicyclic amines) is 1. The van der Waals surface area contributed by atoms with E-state index >= 15 is 0 Å². The number of nitrogens with zero attached hydrogens (tertiary/aromatic N) is 2. The van der Waals surface area contributed by atoms with E-state index in [0.29, 0.717) is 23.5 Å². The van der Waals surface area contributed by atoms with Gasteiger partial charge in [-0.3, -0.25) is 9.69 Å². The maximum absolute atomic E-state index is 13.3. The molecule has 2 fully saturated rings. The number of furan rings is 1. The van der Waals surface area contributed by atoms with Crippen LogP contribution in [0.15, 0.2) is 33.5 Å². The molecule has 1 saturated carbocycles. The van der Waals surface area contributed by atoms with Gasteiger partial charge in [0.1, 0.15) is 18.1 Å². The Balaban J connectivity index is 1.36. The summed E-state index contributed by atoms with van der Waals surface area (Å²) in [5.74, 6) is 2.95. The molecule has 2 aliphatic heterocycles. The molecule has 5 rings (SSSR count). The summed E-state index contributed by atoms with van der Waals surface area (Å²) >= 11 is 0. The summed E-state index contributed by atoms with van der Waals surface area (Å²) in [5.41, 5.74) is 2.57. The smallest absolute Gasteiger partial charge is 0.254 e. The molecule has 4 heterocycles. The SMILES string of the molecule is O=c1c(C2CCCCC2)ccc2n1CC1CC2CN(Cc2ccc(CO)o2)C1. The van der Waals surface area contributed by atoms with E-state index in [2.05, 4.69) is 21.6 Å². The third kappa shape index (κ3) is 3.35. The number of aliphatic hydroxyl groups is 1. The highest BCUT2D eigenvalue weighted by molar-refractivity contribution is 5.25. The van der Waals surface area contributed by atoms with Crippen LogP contribution in [0.25, 0.3) is 0 Å². The van der Waals surface area contributed by atoms with Crippen LogP contribution in [0.5, 0.6) is 0 Å².